The van der Waals surface area contributed by atoms with E-state index in [-0.39, 0.29) is 6.04 Å². The number of nitrogens with zero attached hydrogens (tertiary/aromatic N) is 4. The second-order valence-electron chi connectivity index (χ2n) is 3.78. The molecule has 5 nitrogen and oxygen atoms in total. The molecular formula is C11H13BrClN5. The molecule has 2 aromatic heterocycles. The van der Waals surface area contributed by atoms with Crippen molar-refractivity contribution in [1.29, 1.82) is 0 Å². The van der Waals surface area contributed by atoms with E-state index in [1.165, 1.54) is 0 Å². The van der Waals surface area contributed by atoms with Crippen molar-refractivity contribution in [3.63, 3.8) is 0 Å². The molecule has 1 unspecified atom stereocenters. The summed E-state index contributed by atoms with van der Waals surface area (Å²) in [6.07, 6.45) is 3.36. The molecule has 0 radical (unpaired) electrons. The Kier molecular flexibility index (Phi) is 4.31. The zero-order valence-electron chi connectivity index (χ0n) is 10.1. The zero-order chi connectivity index (χ0) is 13.1. The van der Waals surface area contributed by atoms with Gasteiger partial charge in [0.2, 0.25) is 0 Å². The molecule has 96 valence electrons. The highest BCUT2D eigenvalue weighted by molar-refractivity contribution is 9.10. The summed E-state index contributed by atoms with van der Waals surface area (Å²) in [5.41, 5.74) is 1.89. The highest BCUT2D eigenvalue weighted by Crippen LogP contribution is 2.30. The van der Waals surface area contributed by atoms with E-state index in [4.69, 9.17) is 11.6 Å². The van der Waals surface area contributed by atoms with E-state index in [0.29, 0.717) is 9.63 Å². The van der Waals surface area contributed by atoms with Gasteiger partial charge in [-0.25, -0.2) is 4.68 Å². The molecule has 0 aliphatic carbocycles. The number of halogens is 2. The van der Waals surface area contributed by atoms with E-state index >= 15 is 0 Å². The van der Waals surface area contributed by atoms with E-state index < -0.39 is 0 Å². The van der Waals surface area contributed by atoms with Crippen molar-refractivity contribution in [3.05, 3.63) is 39.3 Å². The first-order valence-corrected chi connectivity index (χ1v) is 6.70. The Labute approximate surface area is 119 Å². The molecule has 0 aliphatic heterocycles. The number of aryl methyl sites for hydroxylation is 1. The van der Waals surface area contributed by atoms with Gasteiger partial charge in [-0.15, -0.1) is 5.10 Å². The van der Waals surface area contributed by atoms with Gasteiger partial charge >= 0.3 is 0 Å². The molecule has 0 amide bonds. The SMILES string of the molecule is CCNC(c1ccncc1Cl)c1c(Br)nnn1C. The van der Waals surface area contributed by atoms with Crippen molar-refractivity contribution < 1.29 is 0 Å². The second-order valence-corrected chi connectivity index (χ2v) is 4.94. The number of rotatable bonds is 4. The molecule has 7 heteroatoms. The Morgan fingerprint density at radius 3 is 2.89 bits per heavy atom. The van der Waals surface area contributed by atoms with Crippen LogP contribution in [0.4, 0.5) is 0 Å². The minimum atomic E-state index is -0.0696. The van der Waals surface area contributed by atoms with Gasteiger partial charge in [-0.2, -0.15) is 0 Å². The van der Waals surface area contributed by atoms with Crippen molar-refractivity contribution in [1.82, 2.24) is 25.3 Å². The van der Waals surface area contributed by atoms with Gasteiger partial charge in [0.05, 0.1) is 16.8 Å². The monoisotopic (exact) mass is 329 g/mol. The number of hydrogen-bond acceptors (Lipinski definition) is 4. The number of hydrogen-bond donors (Lipinski definition) is 1. The predicted octanol–water partition coefficient (Wildman–Crippen LogP) is 2.32. The van der Waals surface area contributed by atoms with Gasteiger partial charge in [-0.1, -0.05) is 23.7 Å². The van der Waals surface area contributed by atoms with Crippen molar-refractivity contribution in [2.24, 2.45) is 7.05 Å². The summed E-state index contributed by atoms with van der Waals surface area (Å²) in [6, 6.07) is 1.83. The highest BCUT2D eigenvalue weighted by Gasteiger charge is 2.23. The van der Waals surface area contributed by atoms with Crippen LogP contribution in [0.3, 0.4) is 0 Å². The lowest BCUT2D eigenvalue weighted by molar-refractivity contribution is 0.567. The molecule has 18 heavy (non-hydrogen) atoms. The van der Waals surface area contributed by atoms with Crippen LogP contribution in [0.5, 0.6) is 0 Å². The highest BCUT2D eigenvalue weighted by atomic mass is 79.9. The van der Waals surface area contributed by atoms with Gasteiger partial charge in [0.25, 0.3) is 0 Å². The molecule has 0 aliphatic rings. The first-order valence-electron chi connectivity index (χ1n) is 5.53. The summed E-state index contributed by atoms with van der Waals surface area (Å²) in [5.74, 6) is 0. The molecule has 0 aromatic carbocycles. The van der Waals surface area contributed by atoms with Gasteiger partial charge < -0.3 is 5.32 Å². The first kappa shape index (κ1) is 13.5. The summed E-state index contributed by atoms with van der Waals surface area (Å²) < 4.78 is 2.44. The largest absolute Gasteiger partial charge is 0.305 e. The molecule has 1 atom stereocenters. The normalized spacial score (nSPS) is 12.7. The molecule has 0 bridgehead atoms. The van der Waals surface area contributed by atoms with E-state index in [1.807, 2.05) is 20.0 Å². The molecule has 2 heterocycles. The van der Waals surface area contributed by atoms with Gasteiger partial charge in [-0.3, -0.25) is 4.98 Å². The van der Waals surface area contributed by atoms with Crippen LogP contribution in [0, 0.1) is 0 Å². The van der Waals surface area contributed by atoms with Crippen LogP contribution in [0.1, 0.15) is 24.2 Å². The van der Waals surface area contributed by atoms with Crippen molar-refractivity contribution in [2.45, 2.75) is 13.0 Å². The lowest BCUT2D eigenvalue weighted by atomic mass is 10.1. The Balaban J connectivity index is 2.50. The van der Waals surface area contributed by atoms with Crippen LogP contribution in [0.15, 0.2) is 23.1 Å². The van der Waals surface area contributed by atoms with Crippen molar-refractivity contribution in [2.75, 3.05) is 6.54 Å². The van der Waals surface area contributed by atoms with Crippen LogP contribution in [0.25, 0.3) is 0 Å². The third kappa shape index (κ3) is 2.55. The van der Waals surface area contributed by atoms with Crippen molar-refractivity contribution >= 4 is 27.5 Å². The third-order valence-electron chi connectivity index (χ3n) is 2.62. The predicted molar refractivity (Wildman–Crippen MR) is 73.5 cm³/mol. The van der Waals surface area contributed by atoms with E-state index in [9.17, 15) is 0 Å². The molecule has 0 saturated carbocycles. The quantitative estimate of drug-likeness (QED) is 0.935. The third-order valence-corrected chi connectivity index (χ3v) is 3.50. The fourth-order valence-corrected chi connectivity index (χ4v) is 2.61. The lowest BCUT2D eigenvalue weighted by Crippen LogP contribution is -2.25. The molecule has 0 spiro atoms. The van der Waals surface area contributed by atoms with Gasteiger partial charge in [0.1, 0.15) is 0 Å². The molecule has 1 N–H and O–H groups in total. The Morgan fingerprint density at radius 2 is 2.33 bits per heavy atom. The fourth-order valence-electron chi connectivity index (χ4n) is 1.82. The van der Waals surface area contributed by atoms with Crippen LogP contribution in [-0.2, 0) is 7.05 Å². The van der Waals surface area contributed by atoms with Gasteiger partial charge in [0, 0.05) is 19.4 Å². The van der Waals surface area contributed by atoms with Gasteiger partial charge in [0.15, 0.2) is 4.60 Å². The first-order chi connectivity index (χ1) is 8.65. The molecule has 0 fully saturated rings. The average molecular weight is 331 g/mol. The maximum Gasteiger partial charge on any atom is 0.153 e. The summed E-state index contributed by atoms with van der Waals surface area (Å²) in [6.45, 7) is 2.85. The molecule has 0 saturated heterocycles. The van der Waals surface area contributed by atoms with E-state index in [1.54, 1.807) is 17.1 Å². The summed E-state index contributed by atoms with van der Waals surface area (Å²) in [5, 5.41) is 12.0. The summed E-state index contributed by atoms with van der Waals surface area (Å²) in [4.78, 5) is 4.00. The zero-order valence-corrected chi connectivity index (χ0v) is 12.4. The lowest BCUT2D eigenvalue weighted by Gasteiger charge is -2.19. The number of aromatic nitrogens is 4. The van der Waals surface area contributed by atoms with Crippen LogP contribution in [-0.4, -0.2) is 26.5 Å². The number of pyridine rings is 1. The topological polar surface area (TPSA) is 55.6 Å². The van der Waals surface area contributed by atoms with E-state index in [2.05, 4.69) is 36.5 Å². The minimum absolute atomic E-state index is 0.0696. The van der Waals surface area contributed by atoms with Crippen LogP contribution >= 0.6 is 27.5 Å². The van der Waals surface area contributed by atoms with Crippen LogP contribution < -0.4 is 5.32 Å². The van der Waals surface area contributed by atoms with E-state index in [0.717, 1.165) is 17.8 Å². The summed E-state index contributed by atoms with van der Waals surface area (Å²) in [7, 11) is 1.85. The number of nitrogens with one attached hydrogen (secondary N) is 1. The molecule has 2 aromatic rings. The Bertz CT molecular complexity index is 522. The maximum absolute atomic E-state index is 6.21. The Hall–Kier alpha value is -0.980. The standard InChI is InChI=1S/C11H13BrClN5/c1-3-15-9(7-4-5-14-6-8(7)13)10-11(12)16-17-18(10)2/h4-6,9,15H,3H2,1-2H3. The van der Waals surface area contributed by atoms with Gasteiger partial charge in [-0.05, 0) is 34.1 Å². The Morgan fingerprint density at radius 1 is 1.56 bits per heavy atom. The maximum atomic E-state index is 6.21. The summed E-state index contributed by atoms with van der Waals surface area (Å²) >= 11 is 9.62. The smallest absolute Gasteiger partial charge is 0.153 e. The minimum Gasteiger partial charge on any atom is -0.305 e. The average Bonchev–Trinajstić information content (AvgIpc) is 2.68. The molecular weight excluding hydrogens is 318 g/mol. The molecule has 2 rings (SSSR count). The van der Waals surface area contributed by atoms with Crippen molar-refractivity contribution in [3.8, 4) is 0 Å². The second kappa shape index (κ2) is 5.77. The fraction of sp³-hybridized carbons (Fsp3) is 0.364. The van der Waals surface area contributed by atoms with Crippen LogP contribution in [0.2, 0.25) is 5.02 Å².